The highest BCUT2D eigenvalue weighted by Gasteiger charge is 2.12. The fraction of sp³-hybridized carbons (Fsp3) is 0.125. The van der Waals surface area contributed by atoms with Crippen LogP contribution >= 0.6 is 0 Å². The first-order chi connectivity index (χ1) is 11.6. The molecule has 1 amide bonds. The largest absolute Gasteiger partial charge is 0.486 e. The molecule has 1 aliphatic rings. The van der Waals surface area contributed by atoms with Gasteiger partial charge in [0.1, 0.15) is 13.2 Å². The Morgan fingerprint density at radius 2 is 1.96 bits per heavy atom. The zero-order valence-corrected chi connectivity index (χ0v) is 12.5. The first-order valence-electron chi connectivity index (χ1n) is 7.11. The van der Waals surface area contributed by atoms with Crippen LogP contribution < -0.4 is 14.9 Å². The molecule has 1 aliphatic heterocycles. The van der Waals surface area contributed by atoms with Crippen molar-refractivity contribution in [3.05, 3.63) is 63.7 Å². The molecule has 1 heterocycles. The van der Waals surface area contributed by atoms with E-state index in [1.807, 2.05) is 0 Å². The summed E-state index contributed by atoms with van der Waals surface area (Å²) in [4.78, 5) is 22.1. The molecule has 0 bridgehead atoms. The van der Waals surface area contributed by atoms with Crippen molar-refractivity contribution in [2.45, 2.75) is 0 Å². The minimum atomic E-state index is -0.560. The molecule has 3 rings (SSSR count). The van der Waals surface area contributed by atoms with Gasteiger partial charge in [-0.2, -0.15) is 5.10 Å². The third-order valence-electron chi connectivity index (χ3n) is 3.27. The Kier molecular flexibility index (Phi) is 4.37. The number of carbonyl (C=O) groups is 1. The monoisotopic (exact) mass is 327 g/mol. The van der Waals surface area contributed by atoms with Crippen molar-refractivity contribution in [1.29, 1.82) is 0 Å². The van der Waals surface area contributed by atoms with Gasteiger partial charge in [0, 0.05) is 17.7 Å². The first kappa shape index (κ1) is 15.5. The number of amides is 1. The zero-order valence-electron chi connectivity index (χ0n) is 12.5. The number of fused-ring (bicyclic) bond motifs is 1. The van der Waals surface area contributed by atoms with E-state index >= 15 is 0 Å². The molecule has 1 N–H and O–H groups in total. The summed E-state index contributed by atoms with van der Waals surface area (Å²) in [5, 5.41) is 14.6. The van der Waals surface area contributed by atoms with Crippen molar-refractivity contribution in [1.82, 2.24) is 5.43 Å². The van der Waals surface area contributed by atoms with Crippen LogP contribution in [0.4, 0.5) is 5.69 Å². The van der Waals surface area contributed by atoms with Gasteiger partial charge in [0.15, 0.2) is 11.5 Å². The van der Waals surface area contributed by atoms with Crippen LogP contribution in [0.3, 0.4) is 0 Å². The van der Waals surface area contributed by atoms with E-state index in [2.05, 4.69) is 10.5 Å². The predicted molar refractivity (Wildman–Crippen MR) is 85.6 cm³/mol. The van der Waals surface area contributed by atoms with E-state index in [4.69, 9.17) is 9.47 Å². The lowest BCUT2D eigenvalue weighted by molar-refractivity contribution is -0.384. The molecule has 0 radical (unpaired) electrons. The van der Waals surface area contributed by atoms with E-state index in [0.29, 0.717) is 24.7 Å². The Bertz CT molecular complexity index is 819. The normalized spacial score (nSPS) is 12.8. The lowest BCUT2D eigenvalue weighted by Gasteiger charge is -2.18. The number of nitrogens with one attached hydrogen (secondary N) is 1. The van der Waals surface area contributed by atoms with E-state index in [1.165, 1.54) is 30.5 Å². The average Bonchev–Trinajstić information content (AvgIpc) is 2.61. The van der Waals surface area contributed by atoms with Gasteiger partial charge in [0.05, 0.1) is 11.1 Å². The topological polar surface area (TPSA) is 103 Å². The molecular weight excluding hydrogens is 314 g/mol. The second-order valence-corrected chi connectivity index (χ2v) is 4.91. The van der Waals surface area contributed by atoms with Crippen LogP contribution in [-0.2, 0) is 0 Å². The van der Waals surface area contributed by atoms with Crippen LogP contribution in [0.15, 0.2) is 47.6 Å². The van der Waals surface area contributed by atoms with E-state index in [1.54, 1.807) is 18.2 Å². The molecule has 122 valence electrons. The fourth-order valence-corrected chi connectivity index (χ4v) is 2.13. The van der Waals surface area contributed by atoms with E-state index in [-0.39, 0.29) is 11.3 Å². The maximum absolute atomic E-state index is 12.0. The highest BCUT2D eigenvalue weighted by molar-refractivity contribution is 5.95. The van der Waals surface area contributed by atoms with Crippen LogP contribution in [0.5, 0.6) is 11.5 Å². The maximum Gasteiger partial charge on any atom is 0.271 e. The van der Waals surface area contributed by atoms with Gasteiger partial charge < -0.3 is 9.47 Å². The van der Waals surface area contributed by atoms with Gasteiger partial charge in [-0.3, -0.25) is 14.9 Å². The van der Waals surface area contributed by atoms with Gasteiger partial charge in [-0.05, 0) is 29.8 Å². The molecule has 0 atom stereocenters. The Labute approximate surface area is 136 Å². The number of benzene rings is 2. The van der Waals surface area contributed by atoms with Gasteiger partial charge in [-0.25, -0.2) is 5.43 Å². The first-order valence-corrected chi connectivity index (χ1v) is 7.11. The highest BCUT2D eigenvalue weighted by Crippen LogP contribution is 2.30. The Morgan fingerprint density at radius 3 is 2.75 bits per heavy atom. The van der Waals surface area contributed by atoms with Gasteiger partial charge in [0.25, 0.3) is 11.6 Å². The highest BCUT2D eigenvalue weighted by atomic mass is 16.6. The number of nitro benzene ring substituents is 1. The Morgan fingerprint density at radius 1 is 1.17 bits per heavy atom. The molecule has 0 spiro atoms. The lowest BCUT2D eigenvalue weighted by Crippen LogP contribution is -2.18. The molecule has 0 fully saturated rings. The molecular formula is C16H13N3O5. The summed E-state index contributed by atoms with van der Waals surface area (Å²) in [6.45, 7) is 0.997. The zero-order chi connectivity index (χ0) is 16.9. The van der Waals surface area contributed by atoms with Crippen molar-refractivity contribution in [3.63, 3.8) is 0 Å². The van der Waals surface area contributed by atoms with Gasteiger partial charge in [-0.1, -0.05) is 6.07 Å². The molecule has 0 unspecified atom stereocenters. The number of carbonyl (C=O) groups excluding carboxylic acids is 1. The second-order valence-electron chi connectivity index (χ2n) is 4.91. The van der Waals surface area contributed by atoms with E-state index in [0.717, 1.165) is 5.56 Å². The van der Waals surface area contributed by atoms with Crippen molar-refractivity contribution in [2.24, 2.45) is 5.10 Å². The number of hydrogen-bond acceptors (Lipinski definition) is 6. The number of rotatable bonds is 4. The van der Waals surface area contributed by atoms with Crippen molar-refractivity contribution in [3.8, 4) is 11.5 Å². The summed E-state index contributed by atoms with van der Waals surface area (Å²) >= 11 is 0. The third kappa shape index (κ3) is 3.49. The number of hydrazone groups is 1. The van der Waals surface area contributed by atoms with Crippen LogP contribution in [-0.4, -0.2) is 30.3 Å². The number of ether oxygens (including phenoxy) is 2. The van der Waals surface area contributed by atoms with E-state index in [9.17, 15) is 14.9 Å². The predicted octanol–water partition coefficient (Wildman–Crippen LogP) is 2.13. The molecule has 2 aromatic rings. The molecule has 0 aromatic heterocycles. The van der Waals surface area contributed by atoms with Gasteiger partial charge >= 0.3 is 0 Å². The molecule has 2 aromatic carbocycles. The third-order valence-corrected chi connectivity index (χ3v) is 3.27. The molecule has 0 saturated heterocycles. The van der Waals surface area contributed by atoms with Gasteiger partial charge in [-0.15, -0.1) is 0 Å². The number of nitro groups is 1. The lowest BCUT2D eigenvalue weighted by atomic mass is 10.2. The SMILES string of the molecule is O=C(N/N=C\c1ccc2c(c1)OCCO2)c1cccc([N+](=O)[O-])c1. The molecule has 0 aliphatic carbocycles. The summed E-state index contributed by atoms with van der Waals surface area (Å²) in [5.41, 5.74) is 3.05. The van der Waals surface area contributed by atoms with Crippen LogP contribution in [0.25, 0.3) is 0 Å². The summed E-state index contributed by atoms with van der Waals surface area (Å²) in [6.07, 6.45) is 1.45. The second kappa shape index (κ2) is 6.78. The minimum Gasteiger partial charge on any atom is -0.486 e. The molecule has 8 nitrogen and oxygen atoms in total. The smallest absolute Gasteiger partial charge is 0.271 e. The van der Waals surface area contributed by atoms with Crippen molar-refractivity contribution in [2.75, 3.05) is 13.2 Å². The molecule has 8 heteroatoms. The summed E-state index contributed by atoms with van der Waals surface area (Å²) < 4.78 is 10.9. The fourth-order valence-electron chi connectivity index (χ4n) is 2.13. The summed E-state index contributed by atoms with van der Waals surface area (Å²) in [6, 6.07) is 10.7. The number of nitrogens with zero attached hydrogens (tertiary/aromatic N) is 2. The Hall–Kier alpha value is -3.42. The molecule has 0 saturated carbocycles. The van der Waals surface area contributed by atoms with Gasteiger partial charge in [0.2, 0.25) is 0 Å². The maximum atomic E-state index is 12.0. The van der Waals surface area contributed by atoms with Crippen LogP contribution in [0.2, 0.25) is 0 Å². The number of non-ortho nitro benzene ring substituents is 1. The average molecular weight is 327 g/mol. The summed E-state index contributed by atoms with van der Waals surface area (Å²) in [5.74, 6) is 0.752. The summed E-state index contributed by atoms with van der Waals surface area (Å²) in [7, 11) is 0. The van der Waals surface area contributed by atoms with Crippen molar-refractivity contribution < 1.29 is 19.2 Å². The standard InChI is InChI=1S/C16H13N3O5/c20-16(12-2-1-3-13(9-12)19(21)22)18-17-10-11-4-5-14-15(8-11)24-7-6-23-14/h1-5,8-10H,6-7H2,(H,18,20)/b17-10-. The number of hydrogen-bond donors (Lipinski definition) is 1. The van der Waals surface area contributed by atoms with Crippen LogP contribution in [0, 0.1) is 10.1 Å². The quantitative estimate of drug-likeness (QED) is 0.526. The Balaban J connectivity index is 1.66. The van der Waals surface area contributed by atoms with E-state index < -0.39 is 10.8 Å². The minimum absolute atomic E-state index is 0.154. The van der Waals surface area contributed by atoms with Crippen LogP contribution in [0.1, 0.15) is 15.9 Å². The molecule has 24 heavy (non-hydrogen) atoms. The van der Waals surface area contributed by atoms with Crippen molar-refractivity contribution >= 4 is 17.8 Å².